The molecule has 2 rings (SSSR count). The van der Waals surface area contributed by atoms with Gasteiger partial charge in [-0.2, -0.15) is 0 Å². The van der Waals surface area contributed by atoms with Gasteiger partial charge < -0.3 is 15.8 Å². The number of hydrogen-bond donors (Lipinski definition) is 2. The lowest BCUT2D eigenvalue weighted by Gasteiger charge is -2.07. The molecule has 1 aromatic carbocycles. The van der Waals surface area contributed by atoms with Crippen LogP contribution in [0.3, 0.4) is 0 Å². The fourth-order valence-electron chi connectivity index (χ4n) is 1.92. The highest BCUT2D eigenvalue weighted by molar-refractivity contribution is 6.03. The number of methoxy groups -OCH3 is 1. The molecule has 0 radical (unpaired) electrons. The van der Waals surface area contributed by atoms with E-state index in [-0.39, 0.29) is 11.8 Å². The van der Waals surface area contributed by atoms with Crippen molar-refractivity contribution in [2.24, 2.45) is 0 Å². The molecule has 4 nitrogen and oxygen atoms in total. The number of carbonyl (C=O) groups is 1. The van der Waals surface area contributed by atoms with E-state index in [0.29, 0.717) is 0 Å². The van der Waals surface area contributed by atoms with E-state index >= 15 is 0 Å². The van der Waals surface area contributed by atoms with Crippen LogP contribution in [0.1, 0.15) is 17.9 Å². The molecule has 1 aliphatic heterocycles. The lowest BCUT2D eigenvalue weighted by molar-refractivity contribution is -0.368. The third kappa shape index (κ3) is 1.68. The molecule has 0 aromatic heterocycles. The highest BCUT2D eigenvalue weighted by atomic mass is 16.5. The van der Waals surface area contributed by atoms with E-state index in [0.717, 1.165) is 30.0 Å². The second kappa shape index (κ2) is 3.90. The number of fused-ring (bicyclic) bond motifs is 1. The molecule has 1 aliphatic rings. The predicted octanol–water partition coefficient (Wildman–Crippen LogP) is 0.363. The van der Waals surface area contributed by atoms with E-state index in [2.05, 4.69) is 11.1 Å². The molecule has 0 saturated carbocycles. The SMILES string of the molecule is COc1ccc2c(c1)[C@H](CC[NH3+])C(=O)N2. The zero-order valence-corrected chi connectivity index (χ0v) is 8.75. The summed E-state index contributed by atoms with van der Waals surface area (Å²) in [7, 11) is 1.63. The molecule has 4 N–H and O–H groups in total. The summed E-state index contributed by atoms with van der Waals surface area (Å²) in [4.78, 5) is 11.6. The van der Waals surface area contributed by atoms with Gasteiger partial charge in [-0.3, -0.25) is 4.79 Å². The third-order valence-electron chi connectivity index (χ3n) is 2.70. The van der Waals surface area contributed by atoms with Gasteiger partial charge in [-0.05, 0) is 23.8 Å². The number of benzene rings is 1. The van der Waals surface area contributed by atoms with Crippen molar-refractivity contribution in [1.82, 2.24) is 0 Å². The lowest BCUT2D eigenvalue weighted by Crippen LogP contribution is -2.50. The monoisotopic (exact) mass is 207 g/mol. The maximum Gasteiger partial charge on any atom is 0.232 e. The van der Waals surface area contributed by atoms with Gasteiger partial charge in [0.05, 0.1) is 19.6 Å². The Morgan fingerprint density at radius 2 is 2.33 bits per heavy atom. The Kier molecular flexibility index (Phi) is 2.60. The molecule has 0 bridgehead atoms. The summed E-state index contributed by atoms with van der Waals surface area (Å²) in [6.07, 6.45) is 0.784. The molecular formula is C11H15N2O2+. The van der Waals surface area contributed by atoms with Crippen molar-refractivity contribution in [2.75, 3.05) is 19.0 Å². The highest BCUT2D eigenvalue weighted by Crippen LogP contribution is 2.36. The van der Waals surface area contributed by atoms with Crippen molar-refractivity contribution in [1.29, 1.82) is 0 Å². The molecule has 1 heterocycles. The van der Waals surface area contributed by atoms with Crippen molar-refractivity contribution in [2.45, 2.75) is 12.3 Å². The van der Waals surface area contributed by atoms with Gasteiger partial charge in [0.1, 0.15) is 5.75 Å². The van der Waals surface area contributed by atoms with Gasteiger partial charge in [-0.1, -0.05) is 0 Å². The van der Waals surface area contributed by atoms with E-state index in [1.165, 1.54) is 0 Å². The molecule has 1 atom stereocenters. The zero-order chi connectivity index (χ0) is 10.8. The Morgan fingerprint density at radius 1 is 1.53 bits per heavy atom. The van der Waals surface area contributed by atoms with Crippen LogP contribution in [0.5, 0.6) is 5.75 Å². The first-order chi connectivity index (χ1) is 7.26. The number of anilines is 1. The molecule has 1 amide bonds. The average Bonchev–Trinajstić information content (AvgIpc) is 2.55. The summed E-state index contributed by atoms with van der Waals surface area (Å²) >= 11 is 0. The van der Waals surface area contributed by atoms with E-state index < -0.39 is 0 Å². The molecule has 1 aromatic rings. The number of amides is 1. The highest BCUT2D eigenvalue weighted by Gasteiger charge is 2.30. The van der Waals surface area contributed by atoms with Gasteiger partial charge in [0, 0.05) is 12.1 Å². The maximum atomic E-state index is 11.6. The molecule has 4 heteroatoms. The number of nitrogens with one attached hydrogen (secondary N) is 1. The van der Waals surface area contributed by atoms with E-state index in [1.54, 1.807) is 7.11 Å². The van der Waals surface area contributed by atoms with Gasteiger partial charge in [0.2, 0.25) is 5.91 Å². The van der Waals surface area contributed by atoms with Crippen LogP contribution < -0.4 is 15.8 Å². The minimum Gasteiger partial charge on any atom is -0.497 e. The Morgan fingerprint density at radius 3 is 3.00 bits per heavy atom. The van der Waals surface area contributed by atoms with E-state index in [1.807, 2.05) is 18.2 Å². The summed E-state index contributed by atoms with van der Waals surface area (Å²) < 4.78 is 5.15. The Balaban J connectivity index is 2.37. The topological polar surface area (TPSA) is 66.0 Å². The average molecular weight is 207 g/mol. The quantitative estimate of drug-likeness (QED) is 0.751. The van der Waals surface area contributed by atoms with Crippen molar-refractivity contribution < 1.29 is 15.3 Å². The molecule has 80 valence electrons. The fourth-order valence-corrected chi connectivity index (χ4v) is 1.92. The van der Waals surface area contributed by atoms with Gasteiger partial charge in [0.15, 0.2) is 0 Å². The van der Waals surface area contributed by atoms with Crippen molar-refractivity contribution in [3.63, 3.8) is 0 Å². The number of quaternary nitrogens is 1. The first-order valence-electron chi connectivity index (χ1n) is 5.04. The summed E-state index contributed by atoms with van der Waals surface area (Å²) in [6.45, 7) is 0.759. The number of ether oxygens (including phenoxy) is 1. The molecule has 0 unspecified atom stereocenters. The first-order valence-corrected chi connectivity index (χ1v) is 5.04. The lowest BCUT2D eigenvalue weighted by atomic mass is 9.97. The van der Waals surface area contributed by atoms with E-state index in [9.17, 15) is 4.79 Å². The number of hydrogen-bond acceptors (Lipinski definition) is 2. The van der Waals surface area contributed by atoms with Gasteiger partial charge >= 0.3 is 0 Å². The summed E-state index contributed by atoms with van der Waals surface area (Å²) in [6, 6.07) is 5.66. The second-order valence-corrected chi connectivity index (χ2v) is 3.64. The minimum absolute atomic E-state index is 0.0624. The number of rotatable bonds is 3. The molecule has 0 fully saturated rings. The van der Waals surface area contributed by atoms with E-state index in [4.69, 9.17) is 4.74 Å². The molecular weight excluding hydrogens is 192 g/mol. The van der Waals surface area contributed by atoms with Crippen LogP contribution in [0.15, 0.2) is 18.2 Å². The standard InChI is InChI=1S/C11H14N2O2/c1-15-7-2-3-10-9(6-7)8(4-5-12)11(14)13-10/h2-3,6,8H,4-5,12H2,1H3,(H,13,14)/p+1/t8-/m0/s1. The molecule has 0 saturated heterocycles. The van der Waals surface area contributed by atoms with Crippen molar-refractivity contribution in [3.05, 3.63) is 23.8 Å². The van der Waals surface area contributed by atoms with Gasteiger partial charge in [-0.25, -0.2) is 0 Å². The van der Waals surface area contributed by atoms with Crippen LogP contribution in [0.25, 0.3) is 0 Å². The first kappa shape index (κ1) is 9.98. The molecule has 0 aliphatic carbocycles. The third-order valence-corrected chi connectivity index (χ3v) is 2.70. The normalized spacial score (nSPS) is 18.5. The van der Waals surface area contributed by atoms with Crippen LogP contribution in [0, 0.1) is 0 Å². The number of carbonyl (C=O) groups excluding carboxylic acids is 1. The summed E-state index contributed by atoms with van der Waals surface area (Å²) in [5.41, 5.74) is 5.72. The van der Waals surface area contributed by atoms with Crippen molar-refractivity contribution in [3.8, 4) is 5.75 Å². The maximum absolute atomic E-state index is 11.6. The largest absolute Gasteiger partial charge is 0.497 e. The van der Waals surface area contributed by atoms with Crippen LogP contribution in [0.2, 0.25) is 0 Å². The smallest absolute Gasteiger partial charge is 0.232 e. The summed E-state index contributed by atoms with van der Waals surface area (Å²) in [5, 5.41) is 2.86. The van der Waals surface area contributed by atoms with Crippen molar-refractivity contribution >= 4 is 11.6 Å². The molecule has 15 heavy (non-hydrogen) atoms. The van der Waals surface area contributed by atoms with Crippen LogP contribution in [0.4, 0.5) is 5.69 Å². The predicted molar refractivity (Wildman–Crippen MR) is 56.7 cm³/mol. The zero-order valence-electron chi connectivity index (χ0n) is 8.75. The minimum atomic E-state index is -0.0624. The van der Waals surface area contributed by atoms with Crippen LogP contribution >= 0.6 is 0 Å². The summed E-state index contributed by atoms with van der Waals surface area (Å²) in [5.74, 6) is 0.800. The van der Waals surface area contributed by atoms with Gasteiger partial charge in [-0.15, -0.1) is 0 Å². The fraction of sp³-hybridized carbons (Fsp3) is 0.364. The Hall–Kier alpha value is -1.55. The Labute approximate surface area is 88.4 Å². The van der Waals surface area contributed by atoms with Crippen LogP contribution in [-0.2, 0) is 4.79 Å². The van der Waals surface area contributed by atoms with Crippen LogP contribution in [-0.4, -0.2) is 19.6 Å². The Bertz CT molecular complexity index is 390. The molecule has 0 spiro atoms. The van der Waals surface area contributed by atoms with Gasteiger partial charge in [0.25, 0.3) is 0 Å². The second-order valence-electron chi connectivity index (χ2n) is 3.64.